The van der Waals surface area contributed by atoms with Crippen molar-refractivity contribution in [3.8, 4) is 11.4 Å². The lowest BCUT2D eigenvalue weighted by Gasteiger charge is -2.42. The van der Waals surface area contributed by atoms with Gasteiger partial charge < -0.3 is 20.1 Å². The number of para-hydroxylation sites is 1. The summed E-state index contributed by atoms with van der Waals surface area (Å²) in [6, 6.07) is 13.0. The Morgan fingerprint density at radius 3 is 2.52 bits per heavy atom. The molecule has 4 aromatic rings. The summed E-state index contributed by atoms with van der Waals surface area (Å²) in [6.45, 7) is 6.14. The third kappa shape index (κ3) is 4.91. The van der Waals surface area contributed by atoms with Gasteiger partial charge >= 0.3 is 0 Å². The first-order valence-corrected chi connectivity index (χ1v) is 16.9. The maximum Gasteiger partial charge on any atom is 0.255 e. The molecular formula is C36H44N6O2. The number of hydrogen-bond acceptors (Lipinski definition) is 4. The zero-order chi connectivity index (χ0) is 29.9. The lowest BCUT2D eigenvalue weighted by Crippen LogP contribution is -2.51. The topological polar surface area (TPSA) is 88.9 Å². The predicted octanol–water partition coefficient (Wildman–Crippen LogP) is 5.74. The summed E-state index contributed by atoms with van der Waals surface area (Å²) in [4.78, 5) is 30.5. The van der Waals surface area contributed by atoms with Gasteiger partial charge in [0.05, 0.1) is 22.3 Å². The molecule has 4 aliphatic rings. The molecule has 230 valence electrons. The second-order valence-electron chi connectivity index (χ2n) is 14.0. The number of carbonyl (C=O) groups excluding carboxylic acids is 2. The van der Waals surface area contributed by atoms with Gasteiger partial charge in [-0.05, 0) is 75.1 Å². The Morgan fingerprint density at radius 1 is 0.932 bits per heavy atom. The van der Waals surface area contributed by atoms with Gasteiger partial charge in [-0.1, -0.05) is 37.5 Å². The van der Waals surface area contributed by atoms with Crippen molar-refractivity contribution in [3.05, 3.63) is 59.3 Å². The first-order valence-electron chi connectivity index (χ1n) is 16.9. The molecule has 8 nitrogen and oxygen atoms in total. The van der Waals surface area contributed by atoms with E-state index in [0.29, 0.717) is 29.9 Å². The number of rotatable bonds is 6. The fourth-order valence-electron chi connectivity index (χ4n) is 8.01. The molecule has 1 aromatic carbocycles. The van der Waals surface area contributed by atoms with Crippen LogP contribution in [0.5, 0.6) is 0 Å². The highest BCUT2D eigenvalue weighted by Crippen LogP contribution is 2.41. The normalized spacial score (nSPS) is 21.7. The van der Waals surface area contributed by atoms with Gasteiger partial charge in [0.25, 0.3) is 5.91 Å². The Balaban J connectivity index is 1.12. The van der Waals surface area contributed by atoms with Crippen LogP contribution >= 0.6 is 0 Å². The average Bonchev–Trinajstić information content (AvgIpc) is 3.69. The average molecular weight is 593 g/mol. The number of carbonyl (C=O) groups is 2. The van der Waals surface area contributed by atoms with E-state index in [1.807, 2.05) is 27.7 Å². The van der Waals surface area contributed by atoms with Crippen LogP contribution in [0.2, 0.25) is 0 Å². The number of pyridine rings is 1. The molecule has 0 bridgehead atoms. The number of hydrogen-bond donors (Lipinski definition) is 1. The minimum Gasteiger partial charge on any atom is -0.341 e. The van der Waals surface area contributed by atoms with E-state index >= 15 is 0 Å². The van der Waals surface area contributed by atoms with Crippen LogP contribution in [0.15, 0.2) is 42.6 Å². The number of amides is 2. The maximum atomic E-state index is 13.3. The molecule has 0 radical (unpaired) electrons. The van der Waals surface area contributed by atoms with Crippen LogP contribution in [0.1, 0.15) is 85.2 Å². The zero-order valence-corrected chi connectivity index (χ0v) is 25.9. The van der Waals surface area contributed by atoms with Crippen molar-refractivity contribution in [2.75, 3.05) is 26.2 Å². The molecule has 8 heteroatoms. The molecule has 0 unspecified atom stereocenters. The summed E-state index contributed by atoms with van der Waals surface area (Å²) in [5, 5.41) is 6.35. The van der Waals surface area contributed by atoms with E-state index < -0.39 is 0 Å². The molecule has 4 fully saturated rings. The van der Waals surface area contributed by atoms with E-state index in [4.69, 9.17) is 10.8 Å². The van der Waals surface area contributed by atoms with Crippen molar-refractivity contribution in [2.24, 2.45) is 17.6 Å². The van der Waals surface area contributed by atoms with Gasteiger partial charge in [-0.2, -0.15) is 5.10 Å². The van der Waals surface area contributed by atoms with E-state index in [0.717, 1.165) is 74.3 Å². The van der Waals surface area contributed by atoms with Crippen LogP contribution in [0, 0.1) is 18.8 Å². The fraction of sp³-hybridized carbons (Fsp3) is 0.528. The van der Waals surface area contributed by atoms with Crippen molar-refractivity contribution in [1.82, 2.24) is 24.0 Å². The van der Waals surface area contributed by atoms with E-state index in [1.54, 1.807) is 0 Å². The molecule has 2 amide bonds. The lowest BCUT2D eigenvalue weighted by molar-refractivity contribution is -0.141. The molecule has 8 rings (SSSR count). The standard InChI is InChI=1S/C36H44N6O2/c1-23-31-15-14-27(36(44)39-16-6-10-29(37)22-39)21-42(31)38-33(23)32-17-26-9-5-11-30(34(26)41(32)18-24-12-13-24)28-19-40(20-28)35(43)25-7-3-2-4-8-25/h5,9,11,14-15,17,21,24-25,28-29H,2-4,6-8,10,12-13,16,18-20,22,37H2,1H3/t29-/m1/s1. The quantitative estimate of drug-likeness (QED) is 0.309. The second-order valence-corrected chi connectivity index (χ2v) is 14.0. The molecule has 3 aromatic heterocycles. The number of benzene rings is 1. The highest BCUT2D eigenvalue weighted by Gasteiger charge is 2.37. The van der Waals surface area contributed by atoms with E-state index in [2.05, 4.69) is 40.7 Å². The third-order valence-corrected chi connectivity index (χ3v) is 10.8. The number of aromatic nitrogens is 3. The Morgan fingerprint density at radius 2 is 1.75 bits per heavy atom. The summed E-state index contributed by atoms with van der Waals surface area (Å²) in [7, 11) is 0. The SMILES string of the molecule is Cc1c(-c2cc3cccc(C4CN(C(=O)C5CCCCC5)C4)c3n2CC2CC2)nn2cc(C(=O)N3CCC[C@@H](N)C3)ccc12. The monoisotopic (exact) mass is 592 g/mol. The predicted molar refractivity (Wildman–Crippen MR) is 173 cm³/mol. The molecule has 2 aliphatic heterocycles. The van der Waals surface area contributed by atoms with Crippen LogP contribution < -0.4 is 5.73 Å². The number of fused-ring (bicyclic) bond motifs is 2. The molecular weight excluding hydrogens is 548 g/mol. The first kappa shape index (κ1) is 27.9. The summed E-state index contributed by atoms with van der Waals surface area (Å²) in [5.74, 6) is 1.70. The minimum absolute atomic E-state index is 0.0285. The lowest BCUT2D eigenvalue weighted by atomic mass is 9.84. The summed E-state index contributed by atoms with van der Waals surface area (Å²) < 4.78 is 4.41. The Kier molecular flexibility index (Phi) is 7.00. The maximum absolute atomic E-state index is 13.3. The van der Waals surface area contributed by atoms with Gasteiger partial charge in [0.2, 0.25) is 5.91 Å². The highest BCUT2D eigenvalue weighted by molar-refractivity contribution is 5.95. The van der Waals surface area contributed by atoms with Crippen molar-refractivity contribution in [2.45, 2.75) is 83.2 Å². The number of nitrogens with two attached hydrogens (primary N) is 1. The molecule has 2 saturated heterocycles. The van der Waals surface area contributed by atoms with Crippen LogP contribution in [-0.4, -0.2) is 68.0 Å². The Bertz CT molecular complexity index is 1740. The fourth-order valence-corrected chi connectivity index (χ4v) is 8.01. The molecule has 0 spiro atoms. The van der Waals surface area contributed by atoms with Crippen LogP contribution in [0.3, 0.4) is 0 Å². The number of nitrogens with zero attached hydrogens (tertiary/aromatic N) is 5. The first-order chi connectivity index (χ1) is 21.4. The Hall–Kier alpha value is -3.65. The van der Waals surface area contributed by atoms with E-state index in [1.165, 1.54) is 48.6 Å². The molecule has 5 heterocycles. The van der Waals surface area contributed by atoms with E-state index in [-0.39, 0.29) is 17.9 Å². The smallest absolute Gasteiger partial charge is 0.255 e. The van der Waals surface area contributed by atoms with Gasteiger partial charge in [-0.3, -0.25) is 9.59 Å². The van der Waals surface area contributed by atoms with Crippen LogP contribution in [0.25, 0.3) is 27.8 Å². The number of aryl methyl sites for hydroxylation is 1. The summed E-state index contributed by atoms with van der Waals surface area (Å²) >= 11 is 0. The van der Waals surface area contributed by atoms with E-state index in [9.17, 15) is 9.59 Å². The molecule has 44 heavy (non-hydrogen) atoms. The second kappa shape index (κ2) is 11.1. The molecule has 2 N–H and O–H groups in total. The number of likely N-dealkylation sites (tertiary alicyclic amines) is 2. The van der Waals surface area contributed by atoms with Crippen LogP contribution in [-0.2, 0) is 11.3 Å². The zero-order valence-electron chi connectivity index (χ0n) is 25.9. The van der Waals surface area contributed by atoms with Crippen molar-refractivity contribution in [1.29, 1.82) is 0 Å². The molecule has 2 saturated carbocycles. The largest absolute Gasteiger partial charge is 0.341 e. The number of piperidine rings is 1. The highest BCUT2D eigenvalue weighted by atomic mass is 16.2. The third-order valence-electron chi connectivity index (χ3n) is 10.8. The van der Waals surface area contributed by atoms with Gasteiger partial charge in [0, 0.05) is 67.7 Å². The van der Waals surface area contributed by atoms with Gasteiger partial charge in [-0.25, -0.2) is 4.52 Å². The molecule has 2 aliphatic carbocycles. The van der Waals surface area contributed by atoms with Crippen molar-refractivity contribution >= 4 is 28.2 Å². The van der Waals surface area contributed by atoms with Crippen molar-refractivity contribution < 1.29 is 9.59 Å². The molecule has 1 atom stereocenters. The van der Waals surface area contributed by atoms with Gasteiger partial charge in [0.15, 0.2) is 0 Å². The van der Waals surface area contributed by atoms with Gasteiger partial charge in [-0.15, -0.1) is 0 Å². The Labute approximate surface area is 259 Å². The van der Waals surface area contributed by atoms with Gasteiger partial charge in [0.1, 0.15) is 5.69 Å². The summed E-state index contributed by atoms with van der Waals surface area (Å²) in [5.41, 5.74) is 13.7. The minimum atomic E-state index is 0.0285. The summed E-state index contributed by atoms with van der Waals surface area (Å²) in [6.07, 6.45) is 12.1. The van der Waals surface area contributed by atoms with Crippen LogP contribution in [0.4, 0.5) is 0 Å². The van der Waals surface area contributed by atoms with Crippen molar-refractivity contribution in [3.63, 3.8) is 0 Å².